The van der Waals surface area contributed by atoms with E-state index in [9.17, 15) is 9.90 Å². The third kappa shape index (κ3) is 2.90. The summed E-state index contributed by atoms with van der Waals surface area (Å²) in [7, 11) is 1.80. The number of nitrogens with one attached hydrogen (secondary N) is 1. The summed E-state index contributed by atoms with van der Waals surface area (Å²) in [4.78, 5) is 15.9. The van der Waals surface area contributed by atoms with Crippen LogP contribution in [0.25, 0.3) is 0 Å². The van der Waals surface area contributed by atoms with Gasteiger partial charge in [-0.05, 0) is 12.8 Å². The maximum atomic E-state index is 12.3. The Bertz CT molecular complexity index is 264. The highest BCUT2D eigenvalue weighted by atomic mass is 16.3. The van der Waals surface area contributed by atoms with Gasteiger partial charge in [0.15, 0.2) is 0 Å². The number of likely N-dealkylation sites (N-methyl/N-ethyl adjacent to an activating group) is 1. The van der Waals surface area contributed by atoms with E-state index in [-0.39, 0.29) is 12.1 Å². The molecule has 0 aromatic rings. The van der Waals surface area contributed by atoms with Gasteiger partial charge in [0, 0.05) is 33.2 Å². The molecule has 0 aromatic heterocycles. The molecule has 0 spiro atoms. The van der Waals surface area contributed by atoms with E-state index in [0.717, 1.165) is 25.9 Å². The van der Waals surface area contributed by atoms with E-state index in [2.05, 4.69) is 5.32 Å². The first-order valence-electron chi connectivity index (χ1n) is 6.60. The fraction of sp³-hybridized carbons (Fsp3) is 0.917. The van der Waals surface area contributed by atoms with E-state index >= 15 is 0 Å². The Labute approximate surface area is 103 Å². The van der Waals surface area contributed by atoms with E-state index in [4.69, 9.17) is 0 Å². The molecule has 0 radical (unpaired) electrons. The quantitative estimate of drug-likeness (QED) is 0.692. The fourth-order valence-corrected chi connectivity index (χ4v) is 2.67. The molecule has 0 aromatic carbocycles. The third-order valence-corrected chi connectivity index (χ3v) is 3.83. The SMILES string of the molecule is CN(C(=O)N1CCCCCC1)[C@@H]1CNC[C@H]1O. The summed E-state index contributed by atoms with van der Waals surface area (Å²) in [5.74, 6) is 0. The molecule has 17 heavy (non-hydrogen) atoms. The van der Waals surface area contributed by atoms with Crippen molar-refractivity contribution in [1.29, 1.82) is 0 Å². The minimum atomic E-state index is -0.434. The first-order valence-corrected chi connectivity index (χ1v) is 6.60. The van der Waals surface area contributed by atoms with Gasteiger partial charge in [-0.1, -0.05) is 12.8 Å². The highest BCUT2D eigenvalue weighted by Crippen LogP contribution is 2.14. The van der Waals surface area contributed by atoms with Gasteiger partial charge >= 0.3 is 6.03 Å². The highest BCUT2D eigenvalue weighted by Gasteiger charge is 2.33. The molecular formula is C12H23N3O2. The van der Waals surface area contributed by atoms with Crippen LogP contribution in [-0.2, 0) is 0 Å². The lowest BCUT2D eigenvalue weighted by atomic mass is 10.2. The summed E-state index contributed by atoms with van der Waals surface area (Å²) in [5, 5.41) is 12.9. The number of rotatable bonds is 1. The predicted molar refractivity (Wildman–Crippen MR) is 65.9 cm³/mol. The van der Waals surface area contributed by atoms with E-state index in [0.29, 0.717) is 13.1 Å². The van der Waals surface area contributed by atoms with Crippen LogP contribution in [0, 0.1) is 0 Å². The number of urea groups is 1. The smallest absolute Gasteiger partial charge is 0.320 e. The Hall–Kier alpha value is -0.810. The van der Waals surface area contributed by atoms with Gasteiger partial charge < -0.3 is 20.2 Å². The summed E-state index contributed by atoms with van der Waals surface area (Å²) in [6.45, 7) is 3.00. The topological polar surface area (TPSA) is 55.8 Å². The average molecular weight is 241 g/mol. The summed E-state index contributed by atoms with van der Waals surface area (Å²) >= 11 is 0. The molecule has 5 heteroatoms. The first kappa shape index (κ1) is 12.6. The van der Waals surface area contributed by atoms with Gasteiger partial charge in [0.2, 0.25) is 0 Å². The number of hydrogen-bond acceptors (Lipinski definition) is 3. The van der Waals surface area contributed by atoms with E-state index < -0.39 is 6.10 Å². The first-order chi connectivity index (χ1) is 8.20. The van der Waals surface area contributed by atoms with Crippen LogP contribution in [0.15, 0.2) is 0 Å². The minimum absolute atomic E-state index is 0.0691. The Morgan fingerprint density at radius 3 is 2.41 bits per heavy atom. The van der Waals surface area contributed by atoms with Crippen molar-refractivity contribution in [2.75, 3.05) is 33.2 Å². The van der Waals surface area contributed by atoms with Crippen LogP contribution in [0.3, 0.4) is 0 Å². The van der Waals surface area contributed by atoms with Crippen LogP contribution < -0.4 is 5.32 Å². The zero-order valence-corrected chi connectivity index (χ0v) is 10.6. The summed E-state index contributed by atoms with van der Waals surface area (Å²) in [5.41, 5.74) is 0. The van der Waals surface area contributed by atoms with Crippen LogP contribution >= 0.6 is 0 Å². The number of β-amino-alcohol motifs (C(OH)–C–C–N with tert-alkyl or cyclic N) is 1. The predicted octanol–water partition coefficient (Wildman–Crippen LogP) is 0.247. The average Bonchev–Trinajstić information content (AvgIpc) is 2.60. The molecule has 2 aliphatic heterocycles. The molecule has 2 aliphatic rings. The maximum Gasteiger partial charge on any atom is 0.320 e. The van der Waals surface area contributed by atoms with Crippen molar-refractivity contribution in [3.8, 4) is 0 Å². The van der Waals surface area contributed by atoms with Crippen molar-refractivity contribution in [2.45, 2.75) is 37.8 Å². The van der Waals surface area contributed by atoms with Gasteiger partial charge in [0.1, 0.15) is 0 Å². The van der Waals surface area contributed by atoms with Crippen LogP contribution in [0.2, 0.25) is 0 Å². The lowest BCUT2D eigenvalue weighted by Gasteiger charge is -2.32. The molecule has 98 valence electrons. The molecule has 2 rings (SSSR count). The van der Waals surface area contributed by atoms with Crippen molar-refractivity contribution < 1.29 is 9.90 Å². The summed E-state index contributed by atoms with van der Waals surface area (Å²) < 4.78 is 0. The van der Waals surface area contributed by atoms with Gasteiger partial charge in [0.05, 0.1) is 12.1 Å². The number of hydrogen-bond donors (Lipinski definition) is 2. The molecule has 0 unspecified atom stereocenters. The molecule has 2 heterocycles. The second-order valence-corrected chi connectivity index (χ2v) is 5.09. The second-order valence-electron chi connectivity index (χ2n) is 5.09. The fourth-order valence-electron chi connectivity index (χ4n) is 2.67. The van der Waals surface area contributed by atoms with Gasteiger partial charge in [-0.3, -0.25) is 0 Å². The molecule has 2 atom stereocenters. The van der Waals surface area contributed by atoms with E-state index in [1.165, 1.54) is 12.8 Å². The van der Waals surface area contributed by atoms with Crippen LogP contribution in [-0.4, -0.2) is 66.3 Å². The van der Waals surface area contributed by atoms with Gasteiger partial charge in [-0.25, -0.2) is 4.79 Å². The Morgan fingerprint density at radius 2 is 1.88 bits per heavy atom. The number of nitrogens with zero attached hydrogens (tertiary/aromatic N) is 2. The number of likely N-dealkylation sites (tertiary alicyclic amines) is 1. The second kappa shape index (κ2) is 5.69. The standard InChI is InChI=1S/C12H23N3O2/c1-14(10-8-13-9-11(10)16)12(17)15-6-4-2-3-5-7-15/h10-11,13,16H,2-9H2,1H3/t10-,11-/m1/s1. The lowest BCUT2D eigenvalue weighted by molar-refractivity contribution is 0.0936. The minimum Gasteiger partial charge on any atom is -0.390 e. The highest BCUT2D eigenvalue weighted by molar-refractivity contribution is 5.74. The molecule has 0 aliphatic carbocycles. The van der Waals surface area contributed by atoms with Crippen LogP contribution in [0.5, 0.6) is 0 Å². The number of aliphatic hydroxyl groups is 1. The zero-order chi connectivity index (χ0) is 12.3. The van der Waals surface area contributed by atoms with Crippen molar-refractivity contribution in [1.82, 2.24) is 15.1 Å². The van der Waals surface area contributed by atoms with Crippen molar-refractivity contribution >= 4 is 6.03 Å². The van der Waals surface area contributed by atoms with Gasteiger partial charge in [-0.2, -0.15) is 0 Å². The summed E-state index contributed by atoms with van der Waals surface area (Å²) in [6.07, 6.45) is 4.22. The Balaban J connectivity index is 1.93. The molecule has 2 fully saturated rings. The molecule has 2 saturated heterocycles. The van der Waals surface area contributed by atoms with Gasteiger partial charge in [0.25, 0.3) is 0 Å². The van der Waals surface area contributed by atoms with Crippen molar-refractivity contribution in [3.63, 3.8) is 0 Å². The van der Waals surface area contributed by atoms with Gasteiger partial charge in [-0.15, -0.1) is 0 Å². The molecule has 2 amide bonds. The summed E-state index contributed by atoms with van der Waals surface area (Å²) in [6, 6.07) is -0.00889. The van der Waals surface area contributed by atoms with Crippen LogP contribution in [0.1, 0.15) is 25.7 Å². The Kier molecular flexibility index (Phi) is 4.23. The maximum absolute atomic E-state index is 12.3. The molecule has 0 saturated carbocycles. The van der Waals surface area contributed by atoms with E-state index in [1.807, 2.05) is 4.90 Å². The number of amides is 2. The number of carbonyl (C=O) groups is 1. The third-order valence-electron chi connectivity index (χ3n) is 3.83. The molecule has 5 nitrogen and oxygen atoms in total. The normalized spacial score (nSPS) is 30.1. The largest absolute Gasteiger partial charge is 0.390 e. The molecular weight excluding hydrogens is 218 g/mol. The van der Waals surface area contributed by atoms with Crippen LogP contribution in [0.4, 0.5) is 4.79 Å². The van der Waals surface area contributed by atoms with E-state index in [1.54, 1.807) is 11.9 Å². The number of carbonyl (C=O) groups excluding carboxylic acids is 1. The Morgan fingerprint density at radius 1 is 1.24 bits per heavy atom. The molecule has 0 bridgehead atoms. The zero-order valence-electron chi connectivity index (χ0n) is 10.6. The number of aliphatic hydroxyl groups excluding tert-OH is 1. The monoisotopic (exact) mass is 241 g/mol. The van der Waals surface area contributed by atoms with Crippen molar-refractivity contribution in [2.24, 2.45) is 0 Å². The van der Waals surface area contributed by atoms with Crippen molar-refractivity contribution in [3.05, 3.63) is 0 Å². The lowest BCUT2D eigenvalue weighted by Crippen LogP contribution is -2.50. The molecule has 2 N–H and O–H groups in total.